The highest BCUT2D eigenvalue weighted by Gasteiger charge is 2.22. The van der Waals surface area contributed by atoms with Gasteiger partial charge in [-0.25, -0.2) is 0 Å². The van der Waals surface area contributed by atoms with Gasteiger partial charge in [0.05, 0.1) is 12.1 Å². The second-order valence-electron chi connectivity index (χ2n) is 4.67. The lowest BCUT2D eigenvalue weighted by molar-refractivity contribution is -0.131. The van der Waals surface area contributed by atoms with Gasteiger partial charge in [0, 0.05) is 31.2 Å². The molecule has 5 heteroatoms. The van der Waals surface area contributed by atoms with Crippen molar-refractivity contribution in [1.29, 1.82) is 0 Å². The van der Waals surface area contributed by atoms with E-state index in [4.69, 9.17) is 4.52 Å². The summed E-state index contributed by atoms with van der Waals surface area (Å²) in [5, 5.41) is 7.19. The van der Waals surface area contributed by atoms with Crippen molar-refractivity contribution in [2.24, 2.45) is 0 Å². The van der Waals surface area contributed by atoms with Gasteiger partial charge in [-0.1, -0.05) is 5.16 Å². The standard InChI is InChI=1S/C12H19N3O2/c1-8-7-15(5-4-13-8)12(16)6-11-9(2)14-17-10(11)3/h8,13H,4-7H2,1-3H3/t8-/m0/s1. The highest BCUT2D eigenvalue weighted by molar-refractivity contribution is 5.79. The van der Waals surface area contributed by atoms with Crippen molar-refractivity contribution in [2.45, 2.75) is 33.2 Å². The van der Waals surface area contributed by atoms with E-state index in [-0.39, 0.29) is 5.91 Å². The molecule has 2 heterocycles. The molecule has 1 fully saturated rings. The average Bonchev–Trinajstić information content (AvgIpc) is 2.61. The van der Waals surface area contributed by atoms with Gasteiger partial charge in [-0.15, -0.1) is 0 Å². The predicted molar refractivity (Wildman–Crippen MR) is 63.7 cm³/mol. The lowest BCUT2D eigenvalue weighted by atomic mass is 10.1. The first kappa shape index (κ1) is 12.1. The predicted octanol–water partition coefficient (Wildman–Crippen LogP) is 0.654. The van der Waals surface area contributed by atoms with Gasteiger partial charge in [0.15, 0.2) is 0 Å². The first-order valence-electron chi connectivity index (χ1n) is 6.01. The van der Waals surface area contributed by atoms with Gasteiger partial charge in [-0.05, 0) is 20.8 Å². The minimum absolute atomic E-state index is 0.160. The van der Waals surface area contributed by atoms with E-state index in [1.807, 2.05) is 18.7 Å². The normalized spacial score (nSPS) is 20.6. The minimum atomic E-state index is 0.160. The first-order chi connectivity index (χ1) is 8.08. The van der Waals surface area contributed by atoms with E-state index < -0.39 is 0 Å². The molecule has 1 amide bonds. The number of nitrogens with zero attached hydrogens (tertiary/aromatic N) is 2. The number of carbonyl (C=O) groups excluding carboxylic acids is 1. The van der Waals surface area contributed by atoms with Crippen LogP contribution in [-0.4, -0.2) is 41.6 Å². The maximum absolute atomic E-state index is 12.1. The third kappa shape index (κ3) is 2.66. The van der Waals surface area contributed by atoms with Crippen LogP contribution in [0.2, 0.25) is 0 Å². The highest BCUT2D eigenvalue weighted by Crippen LogP contribution is 2.14. The van der Waals surface area contributed by atoms with Crippen LogP contribution in [0.3, 0.4) is 0 Å². The zero-order valence-electron chi connectivity index (χ0n) is 10.6. The Morgan fingerprint density at radius 1 is 1.59 bits per heavy atom. The Kier molecular flexibility index (Phi) is 3.47. The molecule has 1 aromatic rings. The number of carbonyl (C=O) groups is 1. The number of piperazine rings is 1. The van der Waals surface area contributed by atoms with Gasteiger partial charge in [-0.3, -0.25) is 4.79 Å². The van der Waals surface area contributed by atoms with Gasteiger partial charge in [0.1, 0.15) is 5.76 Å². The number of rotatable bonds is 2. The van der Waals surface area contributed by atoms with E-state index in [0.717, 1.165) is 36.7 Å². The van der Waals surface area contributed by atoms with Crippen molar-refractivity contribution in [3.63, 3.8) is 0 Å². The molecule has 0 saturated carbocycles. The van der Waals surface area contributed by atoms with E-state index in [0.29, 0.717) is 12.5 Å². The molecule has 1 N–H and O–H groups in total. The van der Waals surface area contributed by atoms with Crippen LogP contribution in [0.1, 0.15) is 23.9 Å². The molecular formula is C12H19N3O2. The lowest BCUT2D eigenvalue weighted by Gasteiger charge is -2.31. The number of amides is 1. The number of aryl methyl sites for hydroxylation is 2. The second-order valence-corrected chi connectivity index (χ2v) is 4.67. The van der Waals surface area contributed by atoms with E-state index >= 15 is 0 Å². The van der Waals surface area contributed by atoms with Gasteiger partial charge in [0.2, 0.25) is 5.91 Å². The largest absolute Gasteiger partial charge is 0.361 e. The van der Waals surface area contributed by atoms with Crippen molar-refractivity contribution in [2.75, 3.05) is 19.6 Å². The van der Waals surface area contributed by atoms with Crippen LogP contribution in [0, 0.1) is 13.8 Å². The van der Waals surface area contributed by atoms with Gasteiger partial charge < -0.3 is 14.7 Å². The molecule has 0 aromatic carbocycles. The van der Waals surface area contributed by atoms with Crippen molar-refractivity contribution < 1.29 is 9.32 Å². The summed E-state index contributed by atoms with van der Waals surface area (Å²) in [6.07, 6.45) is 0.397. The number of hydrogen-bond donors (Lipinski definition) is 1. The summed E-state index contributed by atoms with van der Waals surface area (Å²) in [6, 6.07) is 0.373. The van der Waals surface area contributed by atoms with Crippen molar-refractivity contribution >= 4 is 5.91 Å². The Bertz CT molecular complexity index is 394. The quantitative estimate of drug-likeness (QED) is 0.820. The van der Waals surface area contributed by atoms with Crippen LogP contribution >= 0.6 is 0 Å². The SMILES string of the molecule is Cc1noc(C)c1CC(=O)N1CCN[C@@H](C)C1. The van der Waals surface area contributed by atoms with Gasteiger partial charge in [0.25, 0.3) is 0 Å². The van der Waals surface area contributed by atoms with Crippen molar-refractivity contribution in [3.05, 3.63) is 17.0 Å². The molecule has 0 aliphatic carbocycles. The molecule has 1 aliphatic heterocycles. The summed E-state index contributed by atoms with van der Waals surface area (Å²) >= 11 is 0. The van der Waals surface area contributed by atoms with E-state index in [2.05, 4.69) is 17.4 Å². The van der Waals surface area contributed by atoms with E-state index in [1.54, 1.807) is 0 Å². The molecule has 17 heavy (non-hydrogen) atoms. The van der Waals surface area contributed by atoms with E-state index in [9.17, 15) is 4.79 Å². The topological polar surface area (TPSA) is 58.4 Å². The molecule has 2 rings (SSSR count). The Hall–Kier alpha value is -1.36. The summed E-state index contributed by atoms with van der Waals surface area (Å²) in [7, 11) is 0. The molecular weight excluding hydrogens is 218 g/mol. The molecule has 1 saturated heterocycles. The molecule has 0 unspecified atom stereocenters. The minimum Gasteiger partial charge on any atom is -0.361 e. The molecule has 1 aromatic heterocycles. The molecule has 1 atom stereocenters. The fourth-order valence-corrected chi connectivity index (χ4v) is 2.18. The third-order valence-corrected chi connectivity index (χ3v) is 3.23. The van der Waals surface area contributed by atoms with Crippen LogP contribution in [0.25, 0.3) is 0 Å². The van der Waals surface area contributed by atoms with Crippen molar-refractivity contribution in [3.8, 4) is 0 Å². The first-order valence-corrected chi connectivity index (χ1v) is 6.01. The number of aromatic nitrogens is 1. The van der Waals surface area contributed by atoms with Crippen LogP contribution < -0.4 is 5.32 Å². The summed E-state index contributed by atoms with van der Waals surface area (Å²) in [5.41, 5.74) is 1.75. The van der Waals surface area contributed by atoms with Crippen LogP contribution in [0.15, 0.2) is 4.52 Å². The Balaban J connectivity index is 2.01. The Morgan fingerprint density at radius 3 is 2.94 bits per heavy atom. The summed E-state index contributed by atoms with van der Waals surface area (Å²) in [6.45, 7) is 8.25. The molecule has 0 bridgehead atoms. The van der Waals surface area contributed by atoms with Crippen LogP contribution in [-0.2, 0) is 11.2 Å². The summed E-state index contributed by atoms with van der Waals surface area (Å²) < 4.78 is 5.07. The van der Waals surface area contributed by atoms with E-state index in [1.165, 1.54) is 0 Å². The summed E-state index contributed by atoms with van der Waals surface area (Å²) in [5.74, 6) is 0.909. The molecule has 0 spiro atoms. The molecule has 5 nitrogen and oxygen atoms in total. The summed E-state index contributed by atoms with van der Waals surface area (Å²) in [4.78, 5) is 14.1. The fraction of sp³-hybridized carbons (Fsp3) is 0.667. The Morgan fingerprint density at radius 2 is 2.35 bits per heavy atom. The zero-order chi connectivity index (χ0) is 12.4. The highest BCUT2D eigenvalue weighted by atomic mass is 16.5. The smallest absolute Gasteiger partial charge is 0.227 e. The molecule has 94 valence electrons. The zero-order valence-corrected chi connectivity index (χ0v) is 10.6. The third-order valence-electron chi connectivity index (χ3n) is 3.23. The monoisotopic (exact) mass is 237 g/mol. The Labute approximate surface area is 101 Å². The molecule has 1 aliphatic rings. The lowest BCUT2D eigenvalue weighted by Crippen LogP contribution is -2.51. The number of nitrogens with one attached hydrogen (secondary N) is 1. The van der Waals surface area contributed by atoms with Crippen LogP contribution in [0.4, 0.5) is 0 Å². The maximum atomic E-state index is 12.1. The second kappa shape index (κ2) is 4.87. The van der Waals surface area contributed by atoms with Crippen molar-refractivity contribution in [1.82, 2.24) is 15.4 Å². The molecule has 0 radical (unpaired) electrons. The number of hydrogen-bond acceptors (Lipinski definition) is 4. The average molecular weight is 237 g/mol. The van der Waals surface area contributed by atoms with Crippen LogP contribution in [0.5, 0.6) is 0 Å². The van der Waals surface area contributed by atoms with Gasteiger partial charge >= 0.3 is 0 Å². The fourth-order valence-electron chi connectivity index (χ4n) is 2.18. The van der Waals surface area contributed by atoms with Gasteiger partial charge in [-0.2, -0.15) is 0 Å². The maximum Gasteiger partial charge on any atom is 0.227 e.